The smallest absolute Gasteiger partial charge is 0.230 e. The van der Waals surface area contributed by atoms with Gasteiger partial charge in [-0.25, -0.2) is 4.39 Å². The number of aliphatic hydroxyl groups excluding tert-OH is 2. The molecule has 1 saturated carbocycles. The Morgan fingerprint density at radius 1 is 1.29 bits per heavy atom. The number of hydrogen-bond donors (Lipinski definition) is 3. The third-order valence-electron chi connectivity index (χ3n) is 4.25. The minimum atomic E-state index is -1.05. The van der Waals surface area contributed by atoms with Gasteiger partial charge in [0, 0.05) is 5.56 Å². The van der Waals surface area contributed by atoms with Crippen molar-refractivity contribution in [1.29, 1.82) is 0 Å². The van der Waals surface area contributed by atoms with Crippen LogP contribution in [0.2, 0.25) is 0 Å². The van der Waals surface area contributed by atoms with Crippen molar-refractivity contribution in [3.05, 3.63) is 35.6 Å². The molecule has 3 N–H and O–H groups in total. The summed E-state index contributed by atoms with van der Waals surface area (Å²) >= 11 is 0. The van der Waals surface area contributed by atoms with E-state index < -0.39 is 29.5 Å². The molecule has 0 spiro atoms. The molecule has 1 aliphatic carbocycles. The van der Waals surface area contributed by atoms with Gasteiger partial charge in [0.05, 0.1) is 23.7 Å². The second-order valence-corrected chi connectivity index (χ2v) is 6.17. The summed E-state index contributed by atoms with van der Waals surface area (Å²) in [6.45, 7) is 3.29. The van der Waals surface area contributed by atoms with Gasteiger partial charge in [0.1, 0.15) is 5.82 Å². The van der Waals surface area contributed by atoms with E-state index >= 15 is 0 Å². The lowest BCUT2D eigenvalue weighted by Crippen LogP contribution is -2.54. The maximum atomic E-state index is 13.9. The maximum Gasteiger partial charge on any atom is 0.230 e. The van der Waals surface area contributed by atoms with Gasteiger partial charge < -0.3 is 15.5 Å². The highest BCUT2D eigenvalue weighted by molar-refractivity contribution is 5.87. The average molecular weight is 295 g/mol. The van der Waals surface area contributed by atoms with E-state index in [2.05, 4.69) is 5.32 Å². The predicted molar refractivity (Wildman–Crippen MR) is 77.2 cm³/mol. The summed E-state index contributed by atoms with van der Waals surface area (Å²) in [4.78, 5) is 12.5. The van der Waals surface area contributed by atoms with Crippen molar-refractivity contribution >= 4 is 5.91 Å². The molecule has 0 aliphatic heterocycles. The Kier molecular flexibility index (Phi) is 4.64. The molecule has 1 aliphatic rings. The van der Waals surface area contributed by atoms with E-state index in [9.17, 15) is 19.4 Å². The Labute approximate surface area is 124 Å². The minimum absolute atomic E-state index is 0.313. The highest BCUT2D eigenvalue weighted by atomic mass is 19.1. The van der Waals surface area contributed by atoms with Crippen molar-refractivity contribution in [1.82, 2.24) is 5.32 Å². The first-order valence-electron chi connectivity index (χ1n) is 7.26. The van der Waals surface area contributed by atoms with Crippen molar-refractivity contribution in [2.75, 3.05) is 0 Å². The molecule has 0 aromatic heterocycles. The predicted octanol–water partition coefficient (Wildman–Crippen LogP) is 1.49. The standard InChI is InChI=1S/C16H22FNO3/c1-16(2,10-6-3-4-7-11(10)17)15(21)18-12-8-5-9-13(19)14(12)20/h3-4,6-7,12-14,19-20H,5,8-9H2,1-2H3,(H,18,21)/t12-,13-,14-/m1/s1. The summed E-state index contributed by atoms with van der Waals surface area (Å²) in [7, 11) is 0. The molecular formula is C16H22FNO3. The van der Waals surface area contributed by atoms with Crippen LogP contribution in [0.4, 0.5) is 4.39 Å². The molecule has 1 aromatic rings. The molecule has 116 valence electrons. The zero-order valence-electron chi connectivity index (χ0n) is 12.3. The SMILES string of the molecule is CC(C)(C(=O)N[C@@H]1CCC[C@@H](O)[C@@H]1O)c1ccccc1F. The van der Waals surface area contributed by atoms with Crippen molar-refractivity contribution in [2.45, 2.75) is 56.8 Å². The van der Waals surface area contributed by atoms with E-state index in [-0.39, 0.29) is 5.91 Å². The lowest BCUT2D eigenvalue weighted by atomic mass is 9.82. The number of carbonyl (C=O) groups is 1. The molecule has 3 atom stereocenters. The van der Waals surface area contributed by atoms with Gasteiger partial charge in [0.2, 0.25) is 5.91 Å². The van der Waals surface area contributed by atoms with Crippen molar-refractivity contribution in [3.63, 3.8) is 0 Å². The number of carbonyl (C=O) groups excluding carboxylic acids is 1. The number of nitrogens with one attached hydrogen (secondary N) is 1. The van der Waals surface area contributed by atoms with Crippen LogP contribution in [0.15, 0.2) is 24.3 Å². The number of rotatable bonds is 3. The van der Waals surface area contributed by atoms with E-state index in [1.54, 1.807) is 32.0 Å². The summed E-state index contributed by atoms with van der Waals surface area (Å²) in [5.74, 6) is -0.785. The first-order chi connectivity index (χ1) is 9.84. The molecule has 2 rings (SSSR count). The zero-order valence-corrected chi connectivity index (χ0v) is 12.3. The van der Waals surface area contributed by atoms with Gasteiger partial charge in [-0.1, -0.05) is 18.2 Å². The number of hydrogen-bond acceptors (Lipinski definition) is 3. The lowest BCUT2D eigenvalue weighted by Gasteiger charge is -2.35. The highest BCUT2D eigenvalue weighted by Crippen LogP contribution is 2.27. The molecule has 0 radical (unpaired) electrons. The van der Waals surface area contributed by atoms with Crippen LogP contribution in [0.25, 0.3) is 0 Å². The quantitative estimate of drug-likeness (QED) is 0.791. The summed E-state index contributed by atoms with van der Waals surface area (Å²) in [6, 6.07) is 5.68. The van der Waals surface area contributed by atoms with Gasteiger partial charge in [-0.05, 0) is 39.2 Å². The fourth-order valence-corrected chi connectivity index (χ4v) is 2.75. The van der Waals surface area contributed by atoms with Gasteiger partial charge in [-0.2, -0.15) is 0 Å². The van der Waals surface area contributed by atoms with Crippen LogP contribution in [0.1, 0.15) is 38.7 Å². The summed E-state index contributed by atoms with van der Waals surface area (Å²) in [5, 5.41) is 22.4. The normalized spacial score (nSPS) is 26.4. The average Bonchev–Trinajstić information content (AvgIpc) is 2.44. The van der Waals surface area contributed by atoms with Gasteiger partial charge in [-0.15, -0.1) is 0 Å². The number of amides is 1. The molecule has 0 heterocycles. The Morgan fingerprint density at radius 3 is 2.62 bits per heavy atom. The Balaban J connectivity index is 2.14. The summed E-state index contributed by atoms with van der Waals surface area (Å²) in [6.07, 6.45) is 0.0879. The van der Waals surface area contributed by atoms with Crippen LogP contribution in [-0.4, -0.2) is 34.4 Å². The van der Waals surface area contributed by atoms with E-state index in [0.717, 1.165) is 6.42 Å². The first kappa shape index (κ1) is 15.9. The first-order valence-corrected chi connectivity index (χ1v) is 7.26. The van der Waals surface area contributed by atoms with Gasteiger partial charge in [0.15, 0.2) is 0 Å². The van der Waals surface area contributed by atoms with Crippen molar-refractivity contribution in [3.8, 4) is 0 Å². The number of aliphatic hydroxyl groups is 2. The fraction of sp³-hybridized carbons (Fsp3) is 0.562. The maximum absolute atomic E-state index is 13.9. The van der Waals surface area contributed by atoms with Crippen LogP contribution in [0, 0.1) is 5.82 Å². The monoisotopic (exact) mass is 295 g/mol. The number of benzene rings is 1. The molecule has 0 bridgehead atoms. The molecule has 0 unspecified atom stereocenters. The topological polar surface area (TPSA) is 69.6 Å². The van der Waals surface area contributed by atoms with Gasteiger partial charge in [-0.3, -0.25) is 4.79 Å². The minimum Gasteiger partial charge on any atom is -0.390 e. The van der Waals surface area contributed by atoms with Crippen LogP contribution >= 0.6 is 0 Å². The second-order valence-electron chi connectivity index (χ2n) is 6.17. The highest BCUT2D eigenvalue weighted by Gasteiger charge is 2.37. The molecule has 1 aromatic carbocycles. The van der Waals surface area contributed by atoms with E-state index in [0.29, 0.717) is 18.4 Å². The van der Waals surface area contributed by atoms with Crippen molar-refractivity contribution in [2.24, 2.45) is 0 Å². The third-order valence-corrected chi connectivity index (χ3v) is 4.25. The van der Waals surface area contributed by atoms with Gasteiger partial charge >= 0.3 is 0 Å². The Hall–Kier alpha value is -1.46. The Morgan fingerprint density at radius 2 is 1.95 bits per heavy atom. The largest absolute Gasteiger partial charge is 0.390 e. The van der Waals surface area contributed by atoms with Crippen LogP contribution in [0.3, 0.4) is 0 Å². The molecule has 1 amide bonds. The lowest BCUT2D eigenvalue weighted by molar-refractivity contribution is -0.129. The summed E-state index contributed by atoms with van der Waals surface area (Å²) in [5.41, 5.74) is -0.735. The molecule has 0 saturated heterocycles. The second kappa shape index (κ2) is 6.12. The number of halogens is 1. The van der Waals surface area contributed by atoms with Gasteiger partial charge in [0.25, 0.3) is 0 Å². The zero-order chi connectivity index (χ0) is 15.6. The van der Waals surface area contributed by atoms with E-state index in [1.165, 1.54) is 6.07 Å². The van der Waals surface area contributed by atoms with Crippen LogP contribution in [0.5, 0.6) is 0 Å². The fourth-order valence-electron chi connectivity index (χ4n) is 2.75. The third kappa shape index (κ3) is 3.24. The molecule has 21 heavy (non-hydrogen) atoms. The van der Waals surface area contributed by atoms with Crippen molar-refractivity contribution < 1.29 is 19.4 Å². The van der Waals surface area contributed by atoms with Crippen LogP contribution in [-0.2, 0) is 10.2 Å². The molecular weight excluding hydrogens is 273 g/mol. The summed E-state index contributed by atoms with van der Waals surface area (Å²) < 4.78 is 13.9. The Bertz CT molecular complexity index is 518. The van der Waals surface area contributed by atoms with E-state index in [1.807, 2.05) is 0 Å². The van der Waals surface area contributed by atoms with E-state index in [4.69, 9.17) is 0 Å². The molecule has 1 fully saturated rings. The van der Waals surface area contributed by atoms with Crippen LogP contribution < -0.4 is 5.32 Å². The molecule has 4 nitrogen and oxygen atoms in total. The molecule has 5 heteroatoms.